The second-order valence-corrected chi connectivity index (χ2v) is 5.07. The molecule has 3 nitrogen and oxygen atoms in total. The van der Waals surface area contributed by atoms with E-state index in [0.717, 1.165) is 5.56 Å². The van der Waals surface area contributed by atoms with Crippen molar-refractivity contribution < 1.29 is 13.2 Å². The molecule has 0 fully saturated rings. The molecule has 20 heavy (non-hydrogen) atoms. The van der Waals surface area contributed by atoms with Crippen molar-refractivity contribution in [3.05, 3.63) is 23.7 Å². The van der Waals surface area contributed by atoms with E-state index in [1.54, 1.807) is 10.8 Å². The first-order valence-corrected chi connectivity index (χ1v) is 6.88. The summed E-state index contributed by atoms with van der Waals surface area (Å²) in [6, 6.07) is 1.88. The first-order chi connectivity index (χ1) is 9.40. The fourth-order valence-corrected chi connectivity index (χ4v) is 2.28. The average molecular weight is 306 g/mol. The van der Waals surface area contributed by atoms with Crippen molar-refractivity contribution in [1.82, 2.24) is 14.5 Å². The number of halogens is 4. The molecule has 0 saturated heterocycles. The second-order valence-electron chi connectivity index (χ2n) is 4.69. The largest absolute Gasteiger partial charge is 0.389 e. The summed E-state index contributed by atoms with van der Waals surface area (Å²) in [5, 5.41) is 0. The topological polar surface area (TPSA) is 30.7 Å². The van der Waals surface area contributed by atoms with Crippen molar-refractivity contribution in [3.63, 3.8) is 0 Å². The van der Waals surface area contributed by atoms with Crippen molar-refractivity contribution in [2.24, 2.45) is 0 Å². The highest BCUT2D eigenvalue weighted by Gasteiger charge is 2.26. The number of aromatic nitrogens is 3. The fourth-order valence-electron chi connectivity index (χ4n) is 2.11. The van der Waals surface area contributed by atoms with E-state index in [0.29, 0.717) is 29.3 Å². The first kappa shape index (κ1) is 15.1. The van der Waals surface area contributed by atoms with Gasteiger partial charge in [0.1, 0.15) is 11.3 Å². The monoisotopic (exact) mass is 305 g/mol. The summed E-state index contributed by atoms with van der Waals surface area (Å²) >= 11 is 5.72. The minimum Gasteiger partial charge on any atom is -0.313 e. The van der Waals surface area contributed by atoms with Crippen LogP contribution in [-0.4, -0.2) is 26.6 Å². The van der Waals surface area contributed by atoms with Crippen LogP contribution in [-0.2, 0) is 13.0 Å². The van der Waals surface area contributed by atoms with Gasteiger partial charge in [0, 0.05) is 31.5 Å². The summed E-state index contributed by atoms with van der Waals surface area (Å²) in [5.74, 6) is 1.07. The molecule has 0 aromatic carbocycles. The number of imidazole rings is 1. The quantitative estimate of drug-likeness (QED) is 0.785. The normalized spacial score (nSPS) is 12.2. The molecule has 0 aliphatic heterocycles. The first-order valence-electron chi connectivity index (χ1n) is 6.35. The lowest BCUT2D eigenvalue weighted by Crippen LogP contribution is -2.11. The summed E-state index contributed by atoms with van der Waals surface area (Å²) in [5.41, 5.74) is 2.30. The van der Waals surface area contributed by atoms with Gasteiger partial charge in [-0.15, -0.1) is 11.6 Å². The molecular weight excluding hydrogens is 291 g/mol. The third kappa shape index (κ3) is 3.62. The van der Waals surface area contributed by atoms with Crippen LogP contribution in [0.5, 0.6) is 0 Å². The van der Waals surface area contributed by atoms with Crippen LogP contribution in [0, 0.1) is 6.92 Å². The highest BCUT2D eigenvalue weighted by Crippen LogP contribution is 2.23. The maximum atomic E-state index is 12.2. The molecule has 110 valence electrons. The average Bonchev–Trinajstić information content (AvgIpc) is 2.65. The van der Waals surface area contributed by atoms with Crippen LogP contribution >= 0.6 is 11.6 Å². The Hall–Kier alpha value is -1.30. The van der Waals surface area contributed by atoms with Gasteiger partial charge in [0.05, 0.1) is 0 Å². The SMILES string of the molecule is Cc1cnc2c(c1)nc(CCCl)n2CCCC(F)(F)F. The third-order valence-electron chi connectivity index (χ3n) is 2.96. The Balaban J connectivity index is 2.26. The van der Waals surface area contributed by atoms with E-state index in [-0.39, 0.29) is 13.0 Å². The Morgan fingerprint density at radius 3 is 2.75 bits per heavy atom. The molecule has 0 saturated carbocycles. The van der Waals surface area contributed by atoms with E-state index in [4.69, 9.17) is 11.6 Å². The number of pyridine rings is 1. The molecule has 0 aliphatic rings. The van der Waals surface area contributed by atoms with Crippen molar-refractivity contribution in [3.8, 4) is 0 Å². The maximum absolute atomic E-state index is 12.2. The van der Waals surface area contributed by atoms with Crippen molar-refractivity contribution in [2.45, 2.75) is 38.9 Å². The Labute approximate surface area is 119 Å². The van der Waals surface area contributed by atoms with E-state index in [9.17, 15) is 13.2 Å². The van der Waals surface area contributed by atoms with Gasteiger partial charge in [-0.2, -0.15) is 13.2 Å². The highest BCUT2D eigenvalue weighted by atomic mass is 35.5. The molecule has 2 aromatic rings. The van der Waals surface area contributed by atoms with Crippen LogP contribution in [0.2, 0.25) is 0 Å². The third-order valence-corrected chi connectivity index (χ3v) is 3.15. The summed E-state index contributed by atoms with van der Waals surface area (Å²) in [4.78, 5) is 8.69. The molecule has 0 spiro atoms. The summed E-state index contributed by atoms with van der Waals surface area (Å²) in [7, 11) is 0. The van der Waals surface area contributed by atoms with Gasteiger partial charge in [-0.3, -0.25) is 0 Å². The molecule has 0 atom stereocenters. The molecular formula is C13H15ClF3N3. The smallest absolute Gasteiger partial charge is 0.313 e. The van der Waals surface area contributed by atoms with Crippen LogP contribution in [0.1, 0.15) is 24.2 Å². The molecule has 0 radical (unpaired) electrons. The fraction of sp³-hybridized carbons (Fsp3) is 0.538. The van der Waals surface area contributed by atoms with E-state index < -0.39 is 12.6 Å². The number of aryl methyl sites for hydroxylation is 3. The van der Waals surface area contributed by atoms with Gasteiger partial charge in [-0.05, 0) is 25.0 Å². The van der Waals surface area contributed by atoms with Gasteiger partial charge in [0.15, 0.2) is 5.65 Å². The van der Waals surface area contributed by atoms with E-state index in [2.05, 4.69) is 9.97 Å². The lowest BCUT2D eigenvalue weighted by Gasteiger charge is -2.09. The highest BCUT2D eigenvalue weighted by molar-refractivity contribution is 6.17. The summed E-state index contributed by atoms with van der Waals surface area (Å²) in [6.45, 7) is 2.15. The summed E-state index contributed by atoms with van der Waals surface area (Å²) in [6.07, 6.45) is -2.72. The van der Waals surface area contributed by atoms with Crippen LogP contribution in [0.25, 0.3) is 11.2 Å². The Kier molecular flexibility index (Phi) is 4.52. The molecule has 0 amide bonds. The number of hydrogen-bond donors (Lipinski definition) is 0. The number of rotatable bonds is 5. The van der Waals surface area contributed by atoms with Gasteiger partial charge >= 0.3 is 6.18 Å². The van der Waals surface area contributed by atoms with Gasteiger partial charge in [-0.25, -0.2) is 9.97 Å². The molecule has 0 N–H and O–H groups in total. The molecule has 2 rings (SSSR count). The predicted molar refractivity (Wildman–Crippen MR) is 72.0 cm³/mol. The number of fused-ring (bicyclic) bond motifs is 1. The lowest BCUT2D eigenvalue weighted by molar-refractivity contribution is -0.135. The number of hydrogen-bond acceptors (Lipinski definition) is 2. The second kappa shape index (κ2) is 5.99. The van der Waals surface area contributed by atoms with Crippen LogP contribution in [0.4, 0.5) is 13.2 Å². The van der Waals surface area contributed by atoms with Crippen LogP contribution < -0.4 is 0 Å². The minimum absolute atomic E-state index is 0.0137. The molecule has 0 unspecified atom stereocenters. The number of nitrogens with zero attached hydrogens (tertiary/aromatic N) is 3. The molecule has 0 bridgehead atoms. The minimum atomic E-state index is -4.13. The van der Waals surface area contributed by atoms with Gasteiger partial charge in [-0.1, -0.05) is 0 Å². The Morgan fingerprint density at radius 1 is 1.35 bits per heavy atom. The maximum Gasteiger partial charge on any atom is 0.389 e. The summed E-state index contributed by atoms with van der Waals surface area (Å²) < 4.78 is 38.5. The lowest BCUT2D eigenvalue weighted by atomic mass is 10.3. The van der Waals surface area contributed by atoms with E-state index >= 15 is 0 Å². The molecule has 7 heteroatoms. The predicted octanol–water partition coefficient (Wildman–Crippen LogP) is 3.86. The Morgan fingerprint density at radius 2 is 2.10 bits per heavy atom. The van der Waals surface area contributed by atoms with Crippen LogP contribution in [0.3, 0.4) is 0 Å². The zero-order chi connectivity index (χ0) is 14.8. The van der Waals surface area contributed by atoms with Crippen molar-refractivity contribution >= 4 is 22.8 Å². The zero-order valence-corrected chi connectivity index (χ0v) is 11.8. The van der Waals surface area contributed by atoms with Gasteiger partial charge < -0.3 is 4.57 Å². The van der Waals surface area contributed by atoms with Crippen molar-refractivity contribution in [1.29, 1.82) is 0 Å². The van der Waals surface area contributed by atoms with Crippen molar-refractivity contribution in [2.75, 3.05) is 5.88 Å². The Bertz CT molecular complexity index is 592. The van der Waals surface area contributed by atoms with E-state index in [1.165, 1.54) is 0 Å². The zero-order valence-electron chi connectivity index (χ0n) is 11.0. The number of alkyl halides is 4. The van der Waals surface area contributed by atoms with Gasteiger partial charge in [0.2, 0.25) is 0 Å². The molecule has 2 heterocycles. The van der Waals surface area contributed by atoms with E-state index in [1.807, 2.05) is 13.0 Å². The standard InChI is InChI=1S/C13H15ClF3N3/c1-9-7-10-12(18-8-9)20(11(19-10)3-5-14)6-2-4-13(15,16)17/h7-8H,2-6H2,1H3. The van der Waals surface area contributed by atoms with Gasteiger partial charge in [0.25, 0.3) is 0 Å². The molecule has 2 aromatic heterocycles. The van der Waals surface area contributed by atoms with Crippen LogP contribution in [0.15, 0.2) is 12.3 Å². The molecule has 0 aliphatic carbocycles.